The standard InChI is InChI=1S/C19H23N5O3/c1-3-15(13-25)20-12-14-9-10-17(18(11-14)26-2)27-19-21-22-23-24(19)16-7-5-4-6-8-16/h4-11,15,20,25H,3,12-13H2,1-2H3/t15-/m1/s1. The molecule has 0 aliphatic rings. The predicted molar refractivity (Wildman–Crippen MR) is 100 cm³/mol. The molecular weight excluding hydrogens is 346 g/mol. The van der Waals surface area contributed by atoms with Crippen molar-refractivity contribution in [3.8, 4) is 23.2 Å². The number of benzene rings is 2. The summed E-state index contributed by atoms with van der Waals surface area (Å²) in [6.07, 6.45) is 0.858. The number of tetrazole rings is 1. The van der Waals surface area contributed by atoms with Crippen LogP contribution in [0.3, 0.4) is 0 Å². The van der Waals surface area contributed by atoms with Crippen LogP contribution < -0.4 is 14.8 Å². The monoisotopic (exact) mass is 369 g/mol. The van der Waals surface area contributed by atoms with Gasteiger partial charge in [0.25, 0.3) is 0 Å². The third-order valence-corrected chi connectivity index (χ3v) is 4.18. The van der Waals surface area contributed by atoms with Gasteiger partial charge in [0.15, 0.2) is 11.5 Å². The number of aliphatic hydroxyl groups is 1. The number of nitrogens with zero attached hydrogens (tertiary/aromatic N) is 4. The Balaban J connectivity index is 1.77. The third kappa shape index (κ3) is 4.60. The molecule has 0 amide bonds. The molecule has 0 radical (unpaired) electrons. The van der Waals surface area contributed by atoms with Crippen molar-refractivity contribution in [1.29, 1.82) is 0 Å². The van der Waals surface area contributed by atoms with Gasteiger partial charge in [0.1, 0.15) is 0 Å². The number of aliphatic hydroxyl groups excluding tert-OH is 1. The summed E-state index contributed by atoms with van der Waals surface area (Å²) in [5.74, 6) is 1.09. The molecule has 1 aromatic heterocycles. The van der Waals surface area contributed by atoms with Crippen molar-refractivity contribution in [2.45, 2.75) is 25.9 Å². The van der Waals surface area contributed by atoms with Gasteiger partial charge < -0.3 is 19.9 Å². The second-order valence-electron chi connectivity index (χ2n) is 5.96. The number of methoxy groups -OCH3 is 1. The minimum Gasteiger partial charge on any atom is -0.493 e. The number of rotatable bonds is 9. The Morgan fingerprint density at radius 3 is 2.67 bits per heavy atom. The first-order valence-electron chi connectivity index (χ1n) is 8.78. The molecule has 27 heavy (non-hydrogen) atoms. The number of nitrogens with one attached hydrogen (secondary N) is 1. The minimum absolute atomic E-state index is 0.0717. The van der Waals surface area contributed by atoms with Crippen LogP contribution in [0.5, 0.6) is 17.5 Å². The lowest BCUT2D eigenvalue weighted by atomic mass is 10.1. The van der Waals surface area contributed by atoms with Gasteiger partial charge in [0, 0.05) is 12.6 Å². The Bertz CT molecular complexity index is 850. The number of ether oxygens (including phenoxy) is 2. The Morgan fingerprint density at radius 1 is 1.15 bits per heavy atom. The molecule has 3 rings (SSSR count). The lowest BCUT2D eigenvalue weighted by molar-refractivity contribution is 0.238. The number of para-hydroxylation sites is 1. The first kappa shape index (κ1) is 18.8. The van der Waals surface area contributed by atoms with E-state index in [1.807, 2.05) is 55.5 Å². The van der Waals surface area contributed by atoms with Crippen molar-refractivity contribution >= 4 is 0 Å². The molecule has 0 saturated carbocycles. The molecule has 142 valence electrons. The minimum atomic E-state index is 0.0717. The Morgan fingerprint density at radius 2 is 1.96 bits per heavy atom. The van der Waals surface area contributed by atoms with Gasteiger partial charge in [0.05, 0.1) is 19.4 Å². The molecular formula is C19H23N5O3. The average Bonchev–Trinajstić information content (AvgIpc) is 3.18. The number of aromatic nitrogens is 4. The first-order chi connectivity index (χ1) is 13.2. The van der Waals surface area contributed by atoms with Gasteiger partial charge in [-0.2, -0.15) is 4.68 Å². The predicted octanol–water partition coefficient (Wildman–Crippen LogP) is 2.32. The van der Waals surface area contributed by atoms with Crippen LogP contribution in [0.4, 0.5) is 0 Å². The summed E-state index contributed by atoms with van der Waals surface area (Å²) in [5.41, 5.74) is 1.82. The van der Waals surface area contributed by atoms with Gasteiger partial charge in [-0.25, -0.2) is 0 Å². The maximum absolute atomic E-state index is 9.28. The van der Waals surface area contributed by atoms with Gasteiger partial charge in [-0.3, -0.25) is 0 Å². The van der Waals surface area contributed by atoms with E-state index >= 15 is 0 Å². The summed E-state index contributed by atoms with van der Waals surface area (Å²) in [7, 11) is 1.59. The van der Waals surface area contributed by atoms with Crippen molar-refractivity contribution < 1.29 is 14.6 Å². The summed E-state index contributed by atoms with van der Waals surface area (Å²) in [4.78, 5) is 0. The largest absolute Gasteiger partial charge is 0.493 e. The van der Waals surface area contributed by atoms with Crippen molar-refractivity contribution in [2.75, 3.05) is 13.7 Å². The first-order valence-corrected chi connectivity index (χ1v) is 8.78. The van der Waals surface area contributed by atoms with Crippen LogP contribution >= 0.6 is 0 Å². The van der Waals surface area contributed by atoms with Crippen molar-refractivity contribution in [3.05, 3.63) is 54.1 Å². The van der Waals surface area contributed by atoms with Gasteiger partial charge in [-0.05, 0) is 46.7 Å². The molecule has 2 N–H and O–H groups in total. The van der Waals surface area contributed by atoms with E-state index in [-0.39, 0.29) is 18.7 Å². The molecule has 0 aliphatic heterocycles. The highest BCUT2D eigenvalue weighted by Crippen LogP contribution is 2.32. The molecule has 8 heteroatoms. The molecule has 0 unspecified atom stereocenters. The summed E-state index contributed by atoms with van der Waals surface area (Å²) in [5, 5.41) is 24.2. The zero-order valence-electron chi connectivity index (χ0n) is 15.4. The van der Waals surface area contributed by atoms with E-state index in [4.69, 9.17) is 9.47 Å². The Hall–Kier alpha value is -2.97. The lowest BCUT2D eigenvalue weighted by Crippen LogP contribution is -2.31. The van der Waals surface area contributed by atoms with Crippen LogP contribution in [0.25, 0.3) is 5.69 Å². The topological polar surface area (TPSA) is 94.3 Å². The molecule has 0 bridgehead atoms. The summed E-state index contributed by atoms with van der Waals surface area (Å²) < 4.78 is 12.9. The normalized spacial score (nSPS) is 12.0. The van der Waals surface area contributed by atoms with Crippen LogP contribution in [0.1, 0.15) is 18.9 Å². The molecule has 3 aromatic rings. The molecule has 0 saturated heterocycles. The van der Waals surface area contributed by atoms with E-state index in [9.17, 15) is 5.11 Å². The fraction of sp³-hybridized carbons (Fsp3) is 0.316. The summed E-state index contributed by atoms with van der Waals surface area (Å²) in [6.45, 7) is 2.76. The molecule has 0 aliphatic carbocycles. The highest BCUT2D eigenvalue weighted by molar-refractivity contribution is 5.44. The maximum atomic E-state index is 9.28. The van der Waals surface area contributed by atoms with E-state index < -0.39 is 0 Å². The van der Waals surface area contributed by atoms with Crippen LogP contribution in [0.2, 0.25) is 0 Å². The van der Waals surface area contributed by atoms with E-state index in [0.717, 1.165) is 17.7 Å². The molecule has 0 spiro atoms. The van der Waals surface area contributed by atoms with Gasteiger partial charge >= 0.3 is 6.01 Å². The molecule has 2 aromatic carbocycles. The third-order valence-electron chi connectivity index (χ3n) is 4.18. The Kier molecular flexibility index (Phi) is 6.35. The number of hydrogen-bond donors (Lipinski definition) is 2. The van der Waals surface area contributed by atoms with Crippen LogP contribution in [-0.2, 0) is 6.54 Å². The molecule has 8 nitrogen and oxygen atoms in total. The molecule has 1 atom stereocenters. The van der Waals surface area contributed by atoms with Crippen LogP contribution in [0.15, 0.2) is 48.5 Å². The fourth-order valence-corrected chi connectivity index (χ4v) is 2.58. The highest BCUT2D eigenvalue weighted by Gasteiger charge is 2.14. The Labute approximate surface area is 157 Å². The number of hydrogen-bond acceptors (Lipinski definition) is 7. The van der Waals surface area contributed by atoms with Gasteiger partial charge in [-0.15, -0.1) is 0 Å². The summed E-state index contributed by atoms with van der Waals surface area (Å²) in [6, 6.07) is 15.5. The van der Waals surface area contributed by atoms with E-state index in [2.05, 4.69) is 20.8 Å². The molecule has 0 fully saturated rings. The highest BCUT2D eigenvalue weighted by atomic mass is 16.5. The van der Waals surface area contributed by atoms with Crippen molar-refractivity contribution in [2.24, 2.45) is 0 Å². The maximum Gasteiger partial charge on any atom is 0.346 e. The van der Waals surface area contributed by atoms with Gasteiger partial charge in [-0.1, -0.05) is 36.3 Å². The van der Waals surface area contributed by atoms with Gasteiger partial charge in [0.2, 0.25) is 0 Å². The van der Waals surface area contributed by atoms with Crippen LogP contribution in [-0.4, -0.2) is 45.1 Å². The van der Waals surface area contributed by atoms with E-state index in [1.54, 1.807) is 7.11 Å². The average molecular weight is 369 g/mol. The SMILES string of the molecule is CC[C@H](CO)NCc1ccc(Oc2nnnn2-c2ccccc2)c(OC)c1. The second kappa shape index (κ2) is 9.11. The smallest absolute Gasteiger partial charge is 0.346 e. The zero-order valence-corrected chi connectivity index (χ0v) is 15.4. The lowest BCUT2D eigenvalue weighted by Gasteiger charge is -2.15. The second-order valence-corrected chi connectivity index (χ2v) is 5.96. The van der Waals surface area contributed by atoms with Crippen LogP contribution in [0, 0.1) is 0 Å². The molecule has 1 heterocycles. The van der Waals surface area contributed by atoms with Crippen molar-refractivity contribution in [1.82, 2.24) is 25.5 Å². The quantitative estimate of drug-likeness (QED) is 0.598. The summed E-state index contributed by atoms with van der Waals surface area (Å²) >= 11 is 0. The van der Waals surface area contributed by atoms with Crippen molar-refractivity contribution in [3.63, 3.8) is 0 Å². The van der Waals surface area contributed by atoms with E-state index in [0.29, 0.717) is 18.0 Å². The van der Waals surface area contributed by atoms with E-state index in [1.165, 1.54) is 4.68 Å². The zero-order chi connectivity index (χ0) is 19.1. The fourth-order valence-electron chi connectivity index (χ4n) is 2.58.